The van der Waals surface area contributed by atoms with E-state index >= 15 is 0 Å². The van der Waals surface area contributed by atoms with Crippen LogP contribution in [0.25, 0.3) is 0 Å². The van der Waals surface area contributed by atoms with Crippen LogP contribution in [-0.2, 0) is 0 Å². The Kier molecular flexibility index (Phi) is 18.0. The zero-order valence-electron chi connectivity index (χ0n) is 19.5. The van der Waals surface area contributed by atoms with E-state index in [9.17, 15) is 0 Å². The van der Waals surface area contributed by atoms with Crippen LogP contribution in [0.15, 0.2) is 23.8 Å². The van der Waals surface area contributed by atoms with Crippen LogP contribution in [0.2, 0.25) is 0 Å². The molecule has 0 N–H and O–H groups in total. The van der Waals surface area contributed by atoms with E-state index < -0.39 is 0 Å². The predicted molar refractivity (Wildman–Crippen MR) is 129 cm³/mol. The van der Waals surface area contributed by atoms with Crippen molar-refractivity contribution in [3.05, 3.63) is 23.8 Å². The molecule has 0 heterocycles. The highest BCUT2D eigenvalue weighted by Gasteiger charge is 2.15. The van der Waals surface area contributed by atoms with Crippen LogP contribution in [0.1, 0.15) is 155 Å². The summed E-state index contributed by atoms with van der Waals surface area (Å²) < 4.78 is 0. The van der Waals surface area contributed by atoms with Gasteiger partial charge in [0.15, 0.2) is 0 Å². The van der Waals surface area contributed by atoms with E-state index in [-0.39, 0.29) is 0 Å². The van der Waals surface area contributed by atoms with Gasteiger partial charge in [0.2, 0.25) is 0 Å². The number of unbranched alkanes of at least 4 members (excludes halogenated alkanes) is 17. The van der Waals surface area contributed by atoms with E-state index in [1.165, 1.54) is 148 Å². The van der Waals surface area contributed by atoms with Gasteiger partial charge < -0.3 is 0 Å². The summed E-state index contributed by atoms with van der Waals surface area (Å²) >= 11 is 0. The Morgan fingerprint density at radius 2 is 0.893 bits per heavy atom. The van der Waals surface area contributed by atoms with Crippen molar-refractivity contribution in [3.8, 4) is 0 Å². The van der Waals surface area contributed by atoms with Crippen molar-refractivity contribution < 1.29 is 0 Å². The largest absolute Gasteiger partial charge is 0.103 e. The first-order chi connectivity index (χ1) is 13.9. The van der Waals surface area contributed by atoms with Crippen molar-refractivity contribution in [2.24, 2.45) is 0 Å². The van der Waals surface area contributed by atoms with Crippen LogP contribution >= 0.6 is 0 Å². The molecule has 0 fully saturated rings. The van der Waals surface area contributed by atoms with E-state index in [1.807, 2.05) is 11.1 Å². The molecule has 28 heavy (non-hydrogen) atoms. The smallest absolute Gasteiger partial charge is 0.0280 e. The Labute approximate surface area is 178 Å². The van der Waals surface area contributed by atoms with Crippen molar-refractivity contribution in [1.29, 1.82) is 0 Å². The average Bonchev–Trinajstić information content (AvgIpc) is 2.69. The van der Waals surface area contributed by atoms with Gasteiger partial charge in [-0.05, 0) is 51.4 Å². The van der Waals surface area contributed by atoms with Crippen LogP contribution < -0.4 is 0 Å². The van der Waals surface area contributed by atoms with Gasteiger partial charge in [0.1, 0.15) is 0 Å². The second kappa shape index (κ2) is 19.8. The van der Waals surface area contributed by atoms with Crippen LogP contribution in [-0.4, -0.2) is 0 Å². The fraction of sp³-hybridized carbons (Fsp3) is 0.857. The number of hydrogen-bond acceptors (Lipinski definition) is 0. The first kappa shape index (κ1) is 25.5. The van der Waals surface area contributed by atoms with E-state index in [0.29, 0.717) is 0 Å². The molecule has 0 aliphatic heterocycles. The molecule has 0 saturated heterocycles. The van der Waals surface area contributed by atoms with Gasteiger partial charge in [0.25, 0.3) is 0 Å². The van der Waals surface area contributed by atoms with Crippen molar-refractivity contribution in [3.63, 3.8) is 0 Å². The highest BCUT2D eigenvalue weighted by Crippen LogP contribution is 2.35. The van der Waals surface area contributed by atoms with E-state index in [1.54, 1.807) is 0 Å². The highest BCUT2D eigenvalue weighted by molar-refractivity contribution is 5.24. The monoisotopic (exact) mass is 388 g/mol. The Morgan fingerprint density at radius 3 is 1.25 bits per heavy atom. The van der Waals surface area contributed by atoms with Gasteiger partial charge in [0, 0.05) is 0 Å². The Balaban J connectivity index is 1.77. The fourth-order valence-corrected chi connectivity index (χ4v) is 4.60. The third kappa shape index (κ3) is 14.5. The third-order valence-electron chi connectivity index (χ3n) is 6.70. The average molecular weight is 389 g/mol. The zero-order chi connectivity index (χ0) is 20.1. The highest BCUT2D eigenvalue weighted by atomic mass is 14.2. The molecular weight excluding hydrogens is 336 g/mol. The topological polar surface area (TPSA) is 0 Å². The molecule has 0 amide bonds. The molecule has 1 aliphatic carbocycles. The lowest BCUT2D eigenvalue weighted by Gasteiger charge is -2.24. The molecule has 0 unspecified atom stereocenters. The molecule has 0 aromatic heterocycles. The van der Waals surface area contributed by atoms with Gasteiger partial charge in [-0.1, -0.05) is 120 Å². The fourth-order valence-electron chi connectivity index (χ4n) is 4.60. The SMILES string of the molecule is C=CCCCCCCCCCCCCCCCCC1=C(CCCCCC)CC1. The summed E-state index contributed by atoms with van der Waals surface area (Å²) in [6, 6.07) is 0. The van der Waals surface area contributed by atoms with Crippen molar-refractivity contribution >= 4 is 0 Å². The molecule has 0 heteroatoms. The summed E-state index contributed by atoms with van der Waals surface area (Å²) in [4.78, 5) is 0. The molecule has 164 valence electrons. The second-order valence-corrected chi connectivity index (χ2v) is 9.29. The summed E-state index contributed by atoms with van der Waals surface area (Å²) in [6.45, 7) is 6.10. The van der Waals surface area contributed by atoms with Gasteiger partial charge in [-0.25, -0.2) is 0 Å². The van der Waals surface area contributed by atoms with E-state index in [4.69, 9.17) is 0 Å². The lowest BCUT2D eigenvalue weighted by Crippen LogP contribution is -2.04. The van der Waals surface area contributed by atoms with Crippen LogP contribution in [0, 0.1) is 0 Å². The van der Waals surface area contributed by atoms with Gasteiger partial charge in [-0.2, -0.15) is 0 Å². The van der Waals surface area contributed by atoms with Crippen LogP contribution in [0.4, 0.5) is 0 Å². The molecule has 0 spiro atoms. The minimum Gasteiger partial charge on any atom is -0.103 e. The standard InChI is InChI=1S/C28H52/c1-3-5-7-9-10-11-12-13-14-15-16-17-18-19-20-22-24-28-26-25-27(28)23-21-8-6-4-2/h3H,1,4-26H2,2H3. The quantitative estimate of drug-likeness (QED) is 0.128. The third-order valence-corrected chi connectivity index (χ3v) is 6.70. The van der Waals surface area contributed by atoms with Crippen molar-refractivity contribution in [2.45, 2.75) is 155 Å². The zero-order valence-corrected chi connectivity index (χ0v) is 19.5. The maximum absolute atomic E-state index is 3.79. The van der Waals surface area contributed by atoms with Crippen LogP contribution in [0.5, 0.6) is 0 Å². The normalized spacial score (nSPS) is 13.8. The summed E-state index contributed by atoms with van der Waals surface area (Å²) in [5, 5.41) is 0. The summed E-state index contributed by atoms with van der Waals surface area (Å²) in [5.41, 5.74) is 3.71. The lowest BCUT2D eigenvalue weighted by molar-refractivity contribution is 0.530. The maximum atomic E-state index is 3.79. The van der Waals surface area contributed by atoms with Crippen molar-refractivity contribution in [2.75, 3.05) is 0 Å². The Bertz CT molecular complexity index is 375. The molecular formula is C28H52. The lowest BCUT2D eigenvalue weighted by atomic mass is 9.82. The number of allylic oxidation sites excluding steroid dienone is 3. The molecule has 1 aliphatic rings. The van der Waals surface area contributed by atoms with Gasteiger partial charge >= 0.3 is 0 Å². The first-order valence-electron chi connectivity index (χ1n) is 13.2. The second-order valence-electron chi connectivity index (χ2n) is 9.29. The molecule has 0 atom stereocenters. The number of rotatable bonds is 22. The first-order valence-corrected chi connectivity index (χ1v) is 13.2. The Morgan fingerprint density at radius 1 is 0.536 bits per heavy atom. The molecule has 0 saturated carbocycles. The number of hydrogen-bond donors (Lipinski definition) is 0. The Hall–Kier alpha value is -0.520. The molecule has 0 aromatic carbocycles. The van der Waals surface area contributed by atoms with Gasteiger partial charge in [-0.15, -0.1) is 6.58 Å². The summed E-state index contributed by atoms with van der Waals surface area (Å²) in [7, 11) is 0. The minimum absolute atomic E-state index is 1.21. The van der Waals surface area contributed by atoms with Crippen molar-refractivity contribution in [1.82, 2.24) is 0 Å². The van der Waals surface area contributed by atoms with Crippen LogP contribution in [0.3, 0.4) is 0 Å². The predicted octanol–water partition coefficient (Wildman–Crippen LogP) is 10.5. The minimum atomic E-state index is 1.21. The van der Waals surface area contributed by atoms with E-state index in [0.717, 1.165) is 0 Å². The summed E-state index contributed by atoms with van der Waals surface area (Å²) in [5.74, 6) is 0. The molecule has 1 rings (SSSR count). The maximum Gasteiger partial charge on any atom is -0.0280 e. The van der Waals surface area contributed by atoms with Gasteiger partial charge in [-0.3, -0.25) is 0 Å². The molecule has 0 radical (unpaired) electrons. The van der Waals surface area contributed by atoms with E-state index in [2.05, 4.69) is 19.6 Å². The molecule has 0 bridgehead atoms. The molecule has 0 aromatic rings. The molecule has 0 nitrogen and oxygen atoms in total. The summed E-state index contributed by atoms with van der Waals surface area (Å²) in [6.07, 6.45) is 35.0. The van der Waals surface area contributed by atoms with Gasteiger partial charge in [0.05, 0.1) is 0 Å².